The number of amides is 1. The van der Waals surface area contributed by atoms with Crippen molar-refractivity contribution in [1.82, 2.24) is 5.32 Å². The number of allylic oxidation sites excluding steroid dienone is 5. The second-order valence-electron chi connectivity index (χ2n) is 25.7. The second-order valence-corrected chi connectivity index (χ2v) is 25.7. The molecule has 0 aliphatic carbocycles. The first-order chi connectivity index (χ1) is 40.8. The average Bonchev–Trinajstić information content (AvgIpc) is 3.50. The highest BCUT2D eigenvalue weighted by Crippen LogP contribution is 2.24. The Morgan fingerprint density at radius 1 is 0.398 bits per heavy atom. The number of rotatable bonds is 65. The van der Waals surface area contributed by atoms with Crippen LogP contribution in [-0.2, 0) is 14.3 Å². The molecule has 1 heterocycles. The van der Waals surface area contributed by atoms with E-state index in [4.69, 9.17) is 9.47 Å². The summed E-state index contributed by atoms with van der Waals surface area (Å²) in [5.41, 5.74) is 0. The Morgan fingerprint density at radius 3 is 1.01 bits per heavy atom. The molecular weight excluding hydrogens is 1030 g/mol. The van der Waals surface area contributed by atoms with Crippen molar-refractivity contribution in [3.05, 3.63) is 36.5 Å². The summed E-state index contributed by atoms with van der Waals surface area (Å²) in [6.07, 6.45) is 78.6. The molecule has 0 aromatic heterocycles. The molecule has 0 saturated carbocycles. The molecule has 490 valence electrons. The lowest BCUT2D eigenvalue weighted by atomic mass is 9.99. The Bertz CT molecular complexity index is 1410. The third kappa shape index (κ3) is 52.1. The third-order valence-corrected chi connectivity index (χ3v) is 17.7. The van der Waals surface area contributed by atoms with Crippen molar-refractivity contribution < 1.29 is 39.8 Å². The first kappa shape index (κ1) is 79.4. The number of hydrogen-bond donors (Lipinski definition) is 6. The van der Waals surface area contributed by atoms with Crippen molar-refractivity contribution in [2.24, 2.45) is 0 Å². The van der Waals surface area contributed by atoms with Crippen LogP contribution < -0.4 is 5.32 Å². The standard InChI is InChI=1S/C74H141NO8/c1-3-5-7-9-11-13-15-17-19-21-23-25-26-27-28-29-30-31-32-33-34-35-36-37-38-39-40-41-42-43-44-46-48-50-52-54-56-58-60-62-64-70(78)75-67(66-82-74-73(81)72(80)71(79)69(65-76)83-74)68(77)63-61-59-57-55-53-51-49-47-45-24-22-20-18-16-14-12-10-8-6-4-2/h45,47,53,55,61,63,67-69,71-74,76-77,79-81H,3-44,46,48-52,54,56-60,62,64-66H2,1-2H3,(H,75,78)/b47-45+,55-53+,63-61+. The van der Waals surface area contributed by atoms with Crippen LogP contribution in [0.1, 0.15) is 373 Å². The average molecular weight is 1170 g/mol. The minimum atomic E-state index is -1.57. The minimum Gasteiger partial charge on any atom is -0.394 e. The third-order valence-electron chi connectivity index (χ3n) is 17.7. The lowest BCUT2D eigenvalue weighted by Gasteiger charge is -2.40. The fourth-order valence-electron chi connectivity index (χ4n) is 12.0. The van der Waals surface area contributed by atoms with Crippen molar-refractivity contribution >= 4 is 5.91 Å². The monoisotopic (exact) mass is 1170 g/mol. The summed E-state index contributed by atoms with van der Waals surface area (Å²) < 4.78 is 11.3. The maximum atomic E-state index is 13.1. The Morgan fingerprint density at radius 2 is 0.687 bits per heavy atom. The van der Waals surface area contributed by atoms with Gasteiger partial charge in [-0.2, -0.15) is 0 Å². The van der Waals surface area contributed by atoms with Crippen LogP contribution in [0.25, 0.3) is 0 Å². The molecule has 0 aromatic carbocycles. The fourth-order valence-corrected chi connectivity index (χ4v) is 12.0. The van der Waals surface area contributed by atoms with Gasteiger partial charge in [0.2, 0.25) is 5.91 Å². The molecule has 0 spiro atoms. The predicted octanol–water partition coefficient (Wildman–Crippen LogP) is 20.2. The molecule has 1 saturated heterocycles. The van der Waals surface area contributed by atoms with Crippen LogP contribution in [0, 0.1) is 0 Å². The molecule has 6 N–H and O–H groups in total. The SMILES string of the molecule is CCCCCCCCCCCC/C=C/CC/C=C/CC/C=C/C(O)C(COC1OC(CO)C(O)C(O)C1O)NC(=O)CCCCCCCCCCCCCCCCCCCCCCCCCCCCCCCCCCCCCCCCCC. The van der Waals surface area contributed by atoms with E-state index in [0.717, 1.165) is 44.9 Å². The summed E-state index contributed by atoms with van der Waals surface area (Å²) in [5, 5.41) is 54.7. The molecule has 1 aliphatic heterocycles. The molecule has 1 amide bonds. The highest BCUT2D eigenvalue weighted by atomic mass is 16.7. The van der Waals surface area contributed by atoms with E-state index >= 15 is 0 Å². The second kappa shape index (κ2) is 63.4. The molecule has 0 aromatic rings. The molecule has 7 atom stereocenters. The molecule has 9 nitrogen and oxygen atoms in total. The van der Waals surface area contributed by atoms with Crippen LogP contribution in [0.4, 0.5) is 0 Å². The zero-order chi connectivity index (χ0) is 60.0. The van der Waals surface area contributed by atoms with E-state index in [1.807, 2.05) is 6.08 Å². The number of carbonyl (C=O) groups excluding carboxylic acids is 1. The summed E-state index contributed by atoms with van der Waals surface area (Å²) in [5.74, 6) is -0.183. The van der Waals surface area contributed by atoms with E-state index in [1.54, 1.807) is 6.08 Å². The van der Waals surface area contributed by atoms with Crippen LogP contribution in [0.2, 0.25) is 0 Å². The van der Waals surface area contributed by atoms with Crippen LogP contribution >= 0.6 is 0 Å². The van der Waals surface area contributed by atoms with Gasteiger partial charge < -0.3 is 40.3 Å². The molecule has 1 rings (SSSR count). The smallest absolute Gasteiger partial charge is 0.220 e. The number of aliphatic hydroxyl groups excluding tert-OH is 5. The van der Waals surface area contributed by atoms with Gasteiger partial charge in [0, 0.05) is 6.42 Å². The Balaban J connectivity index is 2.05. The number of unbranched alkanes of at least 4 members (excludes halogenated alkanes) is 51. The van der Waals surface area contributed by atoms with Gasteiger partial charge in [-0.1, -0.05) is 359 Å². The summed E-state index contributed by atoms with van der Waals surface area (Å²) in [7, 11) is 0. The topological polar surface area (TPSA) is 149 Å². The van der Waals surface area contributed by atoms with E-state index in [0.29, 0.717) is 6.42 Å². The van der Waals surface area contributed by atoms with E-state index in [2.05, 4.69) is 43.5 Å². The van der Waals surface area contributed by atoms with Crippen LogP contribution in [0.5, 0.6) is 0 Å². The predicted molar refractivity (Wildman–Crippen MR) is 355 cm³/mol. The molecule has 7 unspecified atom stereocenters. The molecular formula is C74H141NO8. The van der Waals surface area contributed by atoms with Crippen molar-refractivity contribution in [3.8, 4) is 0 Å². The van der Waals surface area contributed by atoms with Gasteiger partial charge in [-0.05, 0) is 44.9 Å². The van der Waals surface area contributed by atoms with Gasteiger partial charge in [0.25, 0.3) is 0 Å². The Labute approximate surface area is 514 Å². The summed E-state index contributed by atoms with van der Waals surface area (Å²) in [6.45, 7) is 3.81. The summed E-state index contributed by atoms with van der Waals surface area (Å²) >= 11 is 0. The van der Waals surface area contributed by atoms with E-state index < -0.39 is 49.5 Å². The van der Waals surface area contributed by atoms with Crippen molar-refractivity contribution in [3.63, 3.8) is 0 Å². The molecule has 1 aliphatic rings. The normalized spacial score (nSPS) is 18.4. The maximum absolute atomic E-state index is 13.1. The number of hydrogen-bond acceptors (Lipinski definition) is 8. The number of ether oxygens (including phenoxy) is 2. The largest absolute Gasteiger partial charge is 0.394 e. The number of aliphatic hydroxyl groups is 5. The van der Waals surface area contributed by atoms with Crippen LogP contribution in [0.3, 0.4) is 0 Å². The van der Waals surface area contributed by atoms with E-state index in [1.165, 1.54) is 308 Å². The molecule has 0 radical (unpaired) electrons. The molecule has 9 heteroatoms. The van der Waals surface area contributed by atoms with Gasteiger partial charge in [0.05, 0.1) is 25.4 Å². The first-order valence-electron chi connectivity index (χ1n) is 36.7. The van der Waals surface area contributed by atoms with Crippen LogP contribution in [-0.4, -0.2) is 87.5 Å². The first-order valence-corrected chi connectivity index (χ1v) is 36.7. The van der Waals surface area contributed by atoms with Gasteiger partial charge >= 0.3 is 0 Å². The van der Waals surface area contributed by atoms with Crippen molar-refractivity contribution in [2.75, 3.05) is 13.2 Å². The zero-order valence-electron chi connectivity index (χ0n) is 55.0. The fraction of sp³-hybridized carbons (Fsp3) is 0.905. The zero-order valence-corrected chi connectivity index (χ0v) is 55.0. The Kier molecular flexibility index (Phi) is 60.7. The van der Waals surface area contributed by atoms with Gasteiger partial charge in [-0.15, -0.1) is 0 Å². The van der Waals surface area contributed by atoms with E-state index in [9.17, 15) is 30.3 Å². The van der Waals surface area contributed by atoms with Crippen LogP contribution in [0.15, 0.2) is 36.5 Å². The number of carbonyl (C=O) groups is 1. The van der Waals surface area contributed by atoms with Gasteiger partial charge in [-0.25, -0.2) is 0 Å². The lowest BCUT2D eigenvalue weighted by molar-refractivity contribution is -0.302. The number of nitrogens with one attached hydrogen (secondary N) is 1. The molecule has 0 bridgehead atoms. The highest BCUT2D eigenvalue weighted by molar-refractivity contribution is 5.76. The van der Waals surface area contributed by atoms with Crippen molar-refractivity contribution in [1.29, 1.82) is 0 Å². The highest BCUT2D eigenvalue weighted by Gasteiger charge is 2.44. The van der Waals surface area contributed by atoms with Gasteiger partial charge in [0.1, 0.15) is 24.4 Å². The maximum Gasteiger partial charge on any atom is 0.220 e. The van der Waals surface area contributed by atoms with E-state index in [-0.39, 0.29) is 12.5 Å². The Hall–Kier alpha value is -1.59. The van der Waals surface area contributed by atoms with Gasteiger partial charge in [0.15, 0.2) is 6.29 Å². The molecule has 83 heavy (non-hydrogen) atoms. The lowest BCUT2D eigenvalue weighted by Crippen LogP contribution is -2.60. The summed E-state index contributed by atoms with van der Waals surface area (Å²) in [6, 6.07) is -0.827. The van der Waals surface area contributed by atoms with Gasteiger partial charge in [-0.3, -0.25) is 4.79 Å². The van der Waals surface area contributed by atoms with Crippen molar-refractivity contribution in [2.45, 2.75) is 416 Å². The quantitative estimate of drug-likeness (QED) is 0.0261. The minimum absolute atomic E-state index is 0.183. The molecule has 1 fully saturated rings. The summed E-state index contributed by atoms with van der Waals surface area (Å²) in [4.78, 5) is 13.1.